The molecule has 0 fully saturated rings. The Balaban J connectivity index is 2.07. The van der Waals surface area contributed by atoms with Gasteiger partial charge in [0, 0.05) is 24.1 Å². The van der Waals surface area contributed by atoms with Gasteiger partial charge in [0.05, 0.1) is 7.11 Å². The molecule has 20 heavy (non-hydrogen) atoms. The molecule has 3 rings (SSSR count). The zero-order valence-electron chi connectivity index (χ0n) is 11.2. The maximum absolute atomic E-state index is 14.2. The Hall–Kier alpha value is -2.07. The fourth-order valence-electron chi connectivity index (χ4n) is 2.56. The Morgan fingerprint density at radius 2 is 2.15 bits per heavy atom. The van der Waals surface area contributed by atoms with E-state index in [9.17, 15) is 4.39 Å². The number of nitrogens with two attached hydrogens (primary N) is 1. The Morgan fingerprint density at radius 1 is 1.35 bits per heavy atom. The van der Waals surface area contributed by atoms with Crippen LogP contribution in [0, 0.1) is 5.82 Å². The molecule has 0 radical (unpaired) electrons. The molecular weight excluding hydrogens is 257 g/mol. The molecule has 2 aromatic rings. The highest BCUT2D eigenvalue weighted by Gasteiger charge is 2.26. The van der Waals surface area contributed by atoms with Crippen molar-refractivity contribution in [1.82, 2.24) is 0 Å². The molecule has 2 aromatic carbocycles. The molecular formula is C16H16FNO2. The monoisotopic (exact) mass is 273 g/mol. The minimum Gasteiger partial charge on any atom is -0.496 e. The van der Waals surface area contributed by atoms with Gasteiger partial charge in [0.25, 0.3) is 0 Å². The topological polar surface area (TPSA) is 44.5 Å². The van der Waals surface area contributed by atoms with Gasteiger partial charge in [0.1, 0.15) is 11.9 Å². The van der Waals surface area contributed by atoms with Crippen LogP contribution < -0.4 is 15.2 Å². The molecule has 0 aliphatic carbocycles. The predicted octanol–water partition coefficient (Wildman–Crippen LogP) is 2.76. The second-order valence-corrected chi connectivity index (χ2v) is 4.83. The molecule has 0 bridgehead atoms. The first kappa shape index (κ1) is 12.9. The van der Waals surface area contributed by atoms with E-state index in [1.54, 1.807) is 7.11 Å². The fraction of sp³-hybridized carbons (Fsp3) is 0.250. The summed E-state index contributed by atoms with van der Waals surface area (Å²) >= 11 is 0. The van der Waals surface area contributed by atoms with E-state index >= 15 is 0 Å². The van der Waals surface area contributed by atoms with Crippen molar-refractivity contribution in [3.8, 4) is 22.6 Å². The normalized spacial score (nSPS) is 16.6. The molecule has 1 heterocycles. The van der Waals surface area contributed by atoms with Crippen LogP contribution in [0.4, 0.5) is 4.39 Å². The molecule has 1 unspecified atom stereocenters. The Kier molecular flexibility index (Phi) is 3.32. The molecule has 0 amide bonds. The van der Waals surface area contributed by atoms with E-state index in [2.05, 4.69) is 0 Å². The van der Waals surface area contributed by atoms with Gasteiger partial charge in [-0.15, -0.1) is 0 Å². The molecule has 0 saturated heterocycles. The van der Waals surface area contributed by atoms with Gasteiger partial charge < -0.3 is 15.2 Å². The van der Waals surface area contributed by atoms with Crippen LogP contribution in [0.1, 0.15) is 5.56 Å². The molecule has 2 N–H and O–H groups in total. The Labute approximate surface area is 117 Å². The molecule has 1 atom stereocenters. The summed E-state index contributed by atoms with van der Waals surface area (Å²) in [4.78, 5) is 0. The van der Waals surface area contributed by atoms with Gasteiger partial charge in [-0.3, -0.25) is 0 Å². The maximum Gasteiger partial charge on any atom is 0.165 e. The SMILES string of the molecule is COc1ccccc1-c1cc(F)c2c(c1)CC(CN)O2. The third-order valence-electron chi connectivity index (χ3n) is 3.53. The highest BCUT2D eigenvalue weighted by atomic mass is 19.1. The van der Waals surface area contributed by atoms with Crippen molar-refractivity contribution < 1.29 is 13.9 Å². The Morgan fingerprint density at radius 3 is 2.90 bits per heavy atom. The lowest BCUT2D eigenvalue weighted by Gasteiger charge is -2.10. The van der Waals surface area contributed by atoms with Crippen molar-refractivity contribution >= 4 is 0 Å². The minimum atomic E-state index is -0.348. The molecule has 0 aromatic heterocycles. The van der Waals surface area contributed by atoms with Gasteiger partial charge in [-0.25, -0.2) is 4.39 Å². The number of methoxy groups -OCH3 is 1. The van der Waals surface area contributed by atoms with Crippen molar-refractivity contribution in [2.75, 3.05) is 13.7 Å². The van der Waals surface area contributed by atoms with E-state index in [1.165, 1.54) is 6.07 Å². The van der Waals surface area contributed by atoms with E-state index in [-0.39, 0.29) is 11.9 Å². The first-order valence-electron chi connectivity index (χ1n) is 6.55. The number of benzene rings is 2. The molecule has 3 nitrogen and oxygen atoms in total. The minimum absolute atomic E-state index is 0.132. The van der Waals surface area contributed by atoms with Crippen LogP contribution in [0.5, 0.6) is 11.5 Å². The summed E-state index contributed by atoms with van der Waals surface area (Å²) in [5.41, 5.74) is 8.11. The zero-order chi connectivity index (χ0) is 14.1. The Bertz CT molecular complexity index is 642. The van der Waals surface area contributed by atoms with Crippen molar-refractivity contribution in [1.29, 1.82) is 0 Å². The molecule has 1 aliphatic rings. The van der Waals surface area contributed by atoms with Gasteiger partial charge in [0.2, 0.25) is 0 Å². The third kappa shape index (κ3) is 2.12. The van der Waals surface area contributed by atoms with Gasteiger partial charge >= 0.3 is 0 Å². The summed E-state index contributed by atoms with van der Waals surface area (Å²) in [6.07, 6.45) is 0.513. The summed E-state index contributed by atoms with van der Waals surface area (Å²) < 4.78 is 25.0. The van der Waals surface area contributed by atoms with Crippen LogP contribution in [-0.2, 0) is 6.42 Å². The predicted molar refractivity (Wildman–Crippen MR) is 75.6 cm³/mol. The highest BCUT2D eigenvalue weighted by molar-refractivity contribution is 5.72. The summed E-state index contributed by atoms with van der Waals surface area (Å²) in [5.74, 6) is 0.708. The summed E-state index contributed by atoms with van der Waals surface area (Å²) in [6, 6.07) is 11.0. The number of halogens is 1. The van der Waals surface area contributed by atoms with Crippen molar-refractivity contribution in [2.45, 2.75) is 12.5 Å². The summed E-state index contributed by atoms with van der Waals surface area (Å²) in [5, 5.41) is 0. The van der Waals surface area contributed by atoms with Crippen molar-refractivity contribution in [3.05, 3.63) is 47.8 Å². The zero-order valence-corrected chi connectivity index (χ0v) is 11.2. The highest BCUT2D eigenvalue weighted by Crippen LogP contribution is 2.38. The van der Waals surface area contributed by atoms with E-state index in [0.29, 0.717) is 18.7 Å². The lowest BCUT2D eigenvalue weighted by atomic mass is 10.00. The van der Waals surface area contributed by atoms with Gasteiger partial charge in [-0.1, -0.05) is 18.2 Å². The first-order chi connectivity index (χ1) is 9.72. The molecule has 0 saturated carbocycles. The van der Waals surface area contributed by atoms with Gasteiger partial charge in [-0.2, -0.15) is 0 Å². The lowest BCUT2D eigenvalue weighted by molar-refractivity contribution is 0.232. The smallest absolute Gasteiger partial charge is 0.165 e. The van der Waals surface area contributed by atoms with Crippen LogP contribution in [0.15, 0.2) is 36.4 Å². The van der Waals surface area contributed by atoms with Gasteiger partial charge in [-0.05, 0) is 23.8 Å². The fourth-order valence-corrected chi connectivity index (χ4v) is 2.56. The number of hydrogen-bond acceptors (Lipinski definition) is 3. The van der Waals surface area contributed by atoms with Crippen LogP contribution in [-0.4, -0.2) is 19.8 Å². The van der Waals surface area contributed by atoms with E-state index in [4.69, 9.17) is 15.2 Å². The summed E-state index contributed by atoms with van der Waals surface area (Å²) in [7, 11) is 1.61. The van der Waals surface area contributed by atoms with Crippen LogP contribution in [0.3, 0.4) is 0 Å². The van der Waals surface area contributed by atoms with Crippen LogP contribution in [0.25, 0.3) is 11.1 Å². The lowest BCUT2D eigenvalue weighted by Crippen LogP contribution is -2.24. The molecule has 104 valence electrons. The van der Waals surface area contributed by atoms with Crippen molar-refractivity contribution in [2.24, 2.45) is 5.73 Å². The average Bonchev–Trinajstić information content (AvgIpc) is 2.91. The number of hydrogen-bond donors (Lipinski definition) is 1. The standard InChI is InChI=1S/C16H16FNO2/c1-19-15-5-3-2-4-13(15)10-6-11-7-12(9-18)20-16(11)14(17)8-10/h2-6,8,12H,7,9,18H2,1H3. The average molecular weight is 273 g/mol. The number of para-hydroxylation sites is 1. The number of ether oxygens (including phenoxy) is 2. The van der Waals surface area contributed by atoms with Crippen molar-refractivity contribution in [3.63, 3.8) is 0 Å². The number of fused-ring (bicyclic) bond motifs is 1. The summed E-state index contributed by atoms with van der Waals surface area (Å²) in [6.45, 7) is 0.387. The second-order valence-electron chi connectivity index (χ2n) is 4.83. The molecule has 4 heteroatoms. The third-order valence-corrected chi connectivity index (χ3v) is 3.53. The second kappa shape index (κ2) is 5.13. The number of rotatable bonds is 3. The van der Waals surface area contributed by atoms with E-state index in [0.717, 1.165) is 22.4 Å². The largest absolute Gasteiger partial charge is 0.496 e. The van der Waals surface area contributed by atoms with E-state index in [1.807, 2.05) is 30.3 Å². The van der Waals surface area contributed by atoms with E-state index < -0.39 is 0 Å². The van der Waals surface area contributed by atoms with Crippen LogP contribution in [0.2, 0.25) is 0 Å². The quantitative estimate of drug-likeness (QED) is 0.935. The maximum atomic E-state index is 14.2. The van der Waals surface area contributed by atoms with Gasteiger partial charge in [0.15, 0.2) is 11.6 Å². The van der Waals surface area contributed by atoms with Crippen LogP contribution >= 0.6 is 0 Å². The molecule has 0 spiro atoms. The molecule has 1 aliphatic heterocycles. The first-order valence-corrected chi connectivity index (χ1v) is 6.55.